The SMILES string of the molecule is O=C(C1CCC1)N1CCCN(c2nc3cc(Cl)ccc3c3nnc(C4CCCCC4)n23)CC1. The lowest BCUT2D eigenvalue weighted by molar-refractivity contribution is -0.137. The molecule has 0 spiro atoms. The van der Waals surface area contributed by atoms with Gasteiger partial charge in [-0.1, -0.05) is 37.3 Å². The Kier molecular flexibility index (Phi) is 5.60. The number of hydrogen-bond acceptors (Lipinski definition) is 5. The maximum atomic E-state index is 12.9. The first-order valence-corrected chi connectivity index (χ1v) is 12.9. The van der Waals surface area contributed by atoms with Crippen molar-refractivity contribution in [2.75, 3.05) is 31.1 Å². The van der Waals surface area contributed by atoms with Crippen molar-refractivity contribution < 1.29 is 4.79 Å². The zero-order valence-electron chi connectivity index (χ0n) is 19.0. The molecule has 174 valence electrons. The topological polar surface area (TPSA) is 66.6 Å². The van der Waals surface area contributed by atoms with Gasteiger partial charge in [0.15, 0.2) is 5.65 Å². The van der Waals surface area contributed by atoms with Crippen molar-refractivity contribution in [1.82, 2.24) is 24.5 Å². The summed E-state index contributed by atoms with van der Waals surface area (Å²) in [6.45, 7) is 3.21. The average Bonchev–Trinajstić information content (AvgIpc) is 3.09. The van der Waals surface area contributed by atoms with Gasteiger partial charge in [0.1, 0.15) is 5.82 Å². The number of fused-ring (bicyclic) bond motifs is 3. The number of carbonyl (C=O) groups is 1. The number of amides is 1. The van der Waals surface area contributed by atoms with E-state index in [1.807, 2.05) is 18.2 Å². The van der Waals surface area contributed by atoms with Gasteiger partial charge in [-0.2, -0.15) is 0 Å². The van der Waals surface area contributed by atoms with Gasteiger partial charge in [-0.3, -0.25) is 4.79 Å². The lowest BCUT2D eigenvalue weighted by Gasteiger charge is -2.31. The third-order valence-corrected chi connectivity index (χ3v) is 8.06. The molecule has 0 radical (unpaired) electrons. The molecule has 0 unspecified atom stereocenters. The van der Waals surface area contributed by atoms with Crippen molar-refractivity contribution in [2.24, 2.45) is 5.92 Å². The summed E-state index contributed by atoms with van der Waals surface area (Å²) in [5.74, 6) is 2.94. The number of rotatable bonds is 3. The quantitative estimate of drug-likeness (QED) is 0.553. The molecule has 0 bridgehead atoms. The van der Waals surface area contributed by atoms with Crippen molar-refractivity contribution in [3.05, 3.63) is 29.0 Å². The van der Waals surface area contributed by atoms with Crippen LogP contribution in [-0.2, 0) is 4.79 Å². The molecule has 6 rings (SSSR count). The van der Waals surface area contributed by atoms with Crippen LogP contribution in [0.1, 0.15) is 69.5 Å². The lowest BCUT2D eigenvalue weighted by atomic mass is 9.84. The Hall–Kier alpha value is -2.41. The molecule has 3 aliphatic rings. The average molecular weight is 467 g/mol. The smallest absolute Gasteiger partial charge is 0.225 e. The normalized spacial score (nSPS) is 20.9. The largest absolute Gasteiger partial charge is 0.341 e. The summed E-state index contributed by atoms with van der Waals surface area (Å²) in [7, 11) is 0. The Morgan fingerprint density at radius 3 is 2.55 bits per heavy atom. The van der Waals surface area contributed by atoms with E-state index in [0.29, 0.717) is 16.8 Å². The third-order valence-electron chi connectivity index (χ3n) is 7.82. The van der Waals surface area contributed by atoms with Gasteiger partial charge in [-0.15, -0.1) is 10.2 Å². The molecule has 0 atom stereocenters. The Balaban J connectivity index is 1.40. The fourth-order valence-electron chi connectivity index (χ4n) is 5.70. The second-order valence-electron chi connectivity index (χ2n) is 9.92. The second kappa shape index (κ2) is 8.75. The maximum absolute atomic E-state index is 12.9. The van der Waals surface area contributed by atoms with Crippen LogP contribution in [0.3, 0.4) is 0 Å². The molecule has 2 aromatic heterocycles. The Morgan fingerprint density at radius 2 is 1.76 bits per heavy atom. The predicted molar refractivity (Wildman–Crippen MR) is 130 cm³/mol. The fourth-order valence-corrected chi connectivity index (χ4v) is 5.87. The van der Waals surface area contributed by atoms with Gasteiger partial charge < -0.3 is 9.80 Å². The number of benzene rings is 1. The van der Waals surface area contributed by atoms with Crippen molar-refractivity contribution in [2.45, 2.75) is 63.7 Å². The summed E-state index contributed by atoms with van der Waals surface area (Å²) in [6, 6.07) is 5.82. The van der Waals surface area contributed by atoms with E-state index in [2.05, 4.69) is 19.3 Å². The standard InChI is InChI=1S/C25H31ClN6O/c26-19-10-11-20-21(16-19)27-25(32-22(28-29-23(20)32)17-6-2-1-3-7-17)31-13-5-12-30(14-15-31)24(33)18-8-4-9-18/h10-11,16-18H,1-9,12-15H2. The van der Waals surface area contributed by atoms with Crippen LogP contribution in [0.4, 0.5) is 5.95 Å². The van der Waals surface area contributed by atoms with Crippen LogP contribution < -0.4 is 4.90 Å². The first kappa shape index (κ1) is 21.1. The number of hydrogen-bond donors (Lipinski definition) is 0. The first-order chi connectivity index (χ1) is 16.2. The molecule has 3 aromatic rings. The van der Waals surface area contributed by atoms with E-state index < -0.39 is 0 Å². The van der Waals surface area contributed by atoms with Gasteiger partial charge in [-0.05, 0) is 50.3 Å². The highest BCUT2D eigenvalue weighted by Gasteiger charge is 2.31. The molecule has 1 saturated heterocycles. The van der Waals surface area contributed by atoms with Gasteiger partial charge in [0, 0.05) is 48.4 Å². The van der Waals surface area contributed by atoms with Crippen LogP contribution >= 0.6 is 11.6 Å². The molecule has 2 saturated carbocycles. The zero-order valence-corrected chi connectivity index (χ0v) is 19.8. The van der Waals surface area contributed by atoms with E-state index in [1.165, 1.54) is 25.7 Å². The Morgan fingerprint density at radius 1 is 0.909 bits per heavy atom. The highest BCUT2D eigenvalue weighted by Crippen LogP contribution is 2.35. The molecular weight excluding hydrogens is 436 g/mol. The summed E-state index contributed by atoms with van der Waals surface area (Å²) in [5.41, 5.74) is 1.71. The number of nitrogens with zero attached hydrogens (tertiary/aromatic N) is 6. The highest BCUT2D eigenvalue weighted by atomic mass is 35.5. The van der Waals surface area contributed by atoms with E-state index in [9.17, 15) is 4.79 Å². The Labute approximate surface area is 199 Å². The van der Waals surface area contributed by atoms with Crippen LogP contribution in [0.5, 0.6) is 0 Å². The molecule has 1 aromatic carbocycles. The van der Waals surface area contributed by atoms with E-state index in [4.69, 9.17) is 21.7 Å². The molecule has 3 fully saturated rings. The van der Waals surface area contributed by atoms with Crippen LogP contribution in [0.2, 0.25) is 5.02 Å². The van der Waals surface area contributed by atoms with Gasteiger partial charge in [0.25, 0.3) is 0 Å². The third kappa shape index (κ3) is 3.84. The van der Waals surface area contributed by atoms with Crippen molar-refractivity contribution >= 4 is 40.0 Å². The lowest BCUT2D eigenvalue weighted by Crippen LogP contribution is -2.41. The van der Waals surface area contributed by atoms with Gasteiger partial charge in [0.2, 0.25) is 11.9 Å². The van der Waals surface area contributed by atoms with E-state index >= 15 is 0 Å². The number of carbonyl (C=O) groups excluding carboxylic acids is 1. The molecule has 33 heavy (non-hydrogen) atoms. The minimum atomic E-state index is 0.250. The first-order valence-electron chi connectivity index (χ1n) is 12.6. The van der Waals surface area contributed by atoms with Gasteiger partial charge >= 0.3 is 0 Å². The van der Waals surface area contributed by atoms with E-state index in [1.54, 1.807) is 0 Å². The summed E-state index contributed by atoms with van der Waals surface area (Å²) in [6.07, 6.45) is 10.3. The monoisotopic (exact) mass is 466 g/mol. The predicted octanol–water partition coefficient (Wildman–Crippen LogP) is 4.82. The van der Waals surface area contributed by atoms with Gasteiger partial charge in [0.05, 0.1) is 5.52 Å². The molecule has 0 N–H and O–H groups in total. The summed E-state index contributed by atoms with van der Waals surface area (Å²) < 4.78 is 2.20. The molecule has 8 heteroatoms. The molecule has 1 aliphatic heterocycles. The van der Waals surface area contributed by atoms with E-state index in [0.717, 1.165) is 86.6 Å². The summed E-state index contributed by atoms with van der Waals surface area (Å²) in [5, 5.41) is 11.0. The molecule has 3 heterocycles. The van der Waals surface area contributed by atoms with Crippen LogP contribution in [-0.4, -0.2) is 56.6 Å². The number of aromatic nitrogens is 4. The van der Waals surface area contributed by atoms with Crippen molar-refractivity contribution in [3.8, 4) is 0 Å². The summed E-state index contributed by atoms with van der Waals surface area (Å²) in [4.78, 5) is 22.4. The fraction of sp³-hybridized carbons (Fsp3) is 0.600. The summed E-state index contributed by atoms with van der Waals surface area (Å²) >= 11 is 6.32. The number of anilines is 1. The second-order valence-corrected chi connectivity index (χ2v) is 10.4. The zero-order chi connectivity index (χ0) is 22.4. The molecule has 7 nitrogen and oxygen atoms in total. The highest BCUT2D eigenvalue weighted by molar-refractivity contribution is 6.31. The molecule has 1 amide bonds. The molecule has 2 aliphatic carbocycles. The van der Waals surface area contributed by atoms with Crippen LogP contribution in [0.15, 0.2) is 18.2 Å². The maximum Gasteiger partial charge on any atom is 0.225 e. The minimum absolute atomic E-state index is 0.250. The number of halogens is 1. The molecular formula is C25H31ClN6O. The van der Waals surface area contributed by atoms with Crippen LogP contribution in [0.25, 0.3) is 16.6 Å². The van der Waals surface area contributed by atoms with Crippen molar-refractivity contribution in [1.29, 1.82) is 0 Å². The Bertz CT molecular complexity index is 1180. The van der Waals surface area contributed by atoms with E-state index in [-0.39, 0.29) is 5.92 Å². The van der Waals surface area contributed by atoms with Crippen molar-refractivity contribution in [3.63, 3.8) is 0 Å². The minimum Gasteiger partial charge on any atom is -0.341 e. The van der Waals surface area contributed by atoms with Gasteiger partial charge in [-0.25, -0.2) is 9.38 Å². The van der Waals surface area contributed by atoms with Crippen LogP contribution in [0, 0.1) is 5.92 Å².